The van der Waals surface area contributed by atoms with Crippen LogP contribution in [0.5, 0.6) is 0 Å². The molecule has 11 nitrogen and oxygen atoms in total. The van der Waals surface area contributed by atoms with Crippen LogP contribution in [0.3, 0.4) is 0 Å². The number of hydrogen-bond donors (Lipinski definition) is 2. The number of amides is 1. The lowest BCUT2D eigenvalue weighted by molar-refractivity contribution is -0.114. The highest BCUT2D eigenvalue weighted by Crippen LogP contribution is 2.51. The Balaban J connectivity index is 1.75. The summed E-state index contributed by atoms with van der Waals surface area (Å²) in [5, 5.41) is 2.40. The van der Waals surface area contributed by atoms with Gasteiger partial charge in [-0.3, -0.25) is 29.4 Å². The number of carbonyl (C=O) groups is 1. The molecule has 1 amide bonds. The summed E-state index contributed by atoms with van der Waals surface area (Å²) in [6.45, 7) is 5.45. The summed E-state index contributed by atoms with van der Waals surface area (Å²) >= 11 is 0. The fraction of sp³-hybridized carbons (Fsp3) is 0.300. The van der Waals surface area contributed by atoms with Crippen molar-refractivity contribution >= 4 is 42.5 Å². The molecule has 2 heterocycles. The molecule has 0 saturated carbocycles. The first kappa shape index (κ1) is 23.4. The average Bonchev–Trinajstić information content (AvgIpc) is 2.73. The zero-order chi connectivity index (χ0) is 23.1. The number of rotatable bonds is 9. The Kier molecular flexibility index (Phi) is 7.57. The second-order valence-corrected chi connectivity index (χ2v) is 8.65. The third kappa shape index (κ3) is 6.13. The normalized spacial score (nSPS) is 11.8. The van der Waals surface area contributed by atoms with Crippen molar-refractivity contribution in [2.75, 3.05) is 18.5 Å². The minimum Gasteiger partial charge on any atom is -0.309 e. The first-order valence-electron chi connectivity index (χ1n) is 9.87. The fourth-order valence-corrected chi connectivity index (χ4v) is 4.49. The van der Waals surface area contributed by atoms with E-state index in [4.69, 9.17) is 9.05 Å². The molecular weight excluding hydrogens is 435 g/mol. The maximum atomic E-state index is 12.6. The maximum absolute atomic E-state index is 12.6. The minimum atomic E-state index is -3.18. The molecule has 0 radical (unpaired) electrons. The van der Waals surface area contributed by atoms with E-state index in [2.05, 4.69) is 30.2 Å². The highest BCUT2D eigenvalue weighted by molar-refractivity contribution is 7.53. The van der Waals surface area contributed by atoms with Crippen molar-refractivity contribution in [1.82, 2.24) is 19.9 Å². The molecule has 1 aromatic carbocycles. The highest BCUT2D eigenvalue weighted by Gasteiger charge is 2.23. The minimum absolute atomic E-state index is 0.00373. The second-order valence-electron chi connectivity index (χ2n) is 6.59. The summed E-state index contributed by atoms with van der Waals surface area (Å²) in [5.74, 6) is -0.363. The molecule has 0 bridgehead atoms. The predicted octanol–water partition coefficient (Wildman–Crippen LogP) is 3.19. The monoisotopic (exact) mass is 458 g/mol. The summed E-state index contributed by atoms with van der Waals surface area (Å²) < 4.78 is 23.3. The summed E-state index contributed by atoms with van der Waals surface area (Å²) in [5.41, 5.74) is 1.39. The third-order valence-corrected chi connectivity index (χ3v) is 6.10. The molecule has 3 aromatic rings. The zero-order valence-corrected chi connectivity index (χ0v) is 18.8. The van der Waals surface area contributed by atoms with E-state index in [1.807, 2.05) is 0 Å². The first-order valence-corrected chi connectivity index (χ1v) is 11.6. The van der Waals surface area contributed by atoms with Gasteiger partial charge in [-0.2, -0.15) is 4.98 Å². The number of nitrogens with zero attached hydrogens (tertiary/aromatic N) is 4. The van der Waals surface area contributed by atoms with E-state index in [-0.39, 0.29) is 29.2 Å². The van der Waals surface area contributed by atoms with Gasteiger partial charge < -0.3 is 9.05 Å². The molecule has 0 unspecified atom stereocenters. The van der Waals surface area contributed by atoms with Crippen LogP contribution in [0.1, 0.15) is 32.0 Å². The van der Waals surface area contributed by atoms with E-state index >= 15 is 0 Å². The number of hydrogen-bond acceptors (Lipinski definition) is 9. The molecule has 0 atom stereocenters. The Morgan fingerprint density at radius 3 is 2.50 bits per heavy atom. The number of benzene rings is 1. The van der Waals surface area contributed by atoms with Crippen LogP contribution in [0.15, 0.2) is 40.2 Å². The van der Waals surface area contributed by atoms with Crippen molar-refractivity contribution in [3.05, 3.63) is 52.1 Å². The molecule has 2 aromatic heterocycles. The lowest BCUT2D eigenvalue weighted by atomic mass is 10.2. The van der Waals surface area contributed by atoms with E-state index in [1.54, 1.807) is 38.1 Å². The Morgan fingerprint density at radius 2 is 1.88 bits per heavy atom. The lowest BCUT2D eigenvalue weighted by Crippen LogP contribution is -2.17. The Bertz CT molecular complexity index is 1230. The highest BCUT2D eigenvalue weighted by atomic mass is 31.2. The van der Waals surface area contributed by atoms with Crippen LogP contribution in [0, 0.1) is 0 Å². The van der Waals surface area contributed by atoms with Crippen LogP contribution in [0.2, 0.25) is 0 Å². The molecule has 0 aliphatic carbocycles. The molecule has 0 fully saturated rings. The molecule has 0 aliphatic heterocycles. The van der Waals surface area contributed by atoms with Crippen LogP contribution >= 0.6 is 7.60 Å². The number of aromatic nitrogens is 4. The zero-order valence-electron chi connectivity index (χ0n) is 17.9. The number of nitrogens with one attached hydrogen (secondary N) is 2. The van der Waals surface area contributed by atoms with Gasteiger partial charge in [-0.15, -0.1) is 0 Å². The quantitative estimate of drug-likeness (QED) is 0.367. The number of carbonyl (C=O) groups excluding carboxylic acids is 1. The van der Waals surface area contributed by atoms with E-state index in [9.17, 15) is 14.2 Å². The number of anilines is 1. The molecule has 0 saturated heterocycles. The van der Waals surface area contributed by atoms with Crippen LogP contribution in [-0.2, 0) is 24.6 Å². The first-order chi connectivity index (χ1) is 15.3. The van der Waals surface area contributed by atoms with Gasteiger partial charge >= 0.3 is 7.60 Å². The third-order valence-electron chi connectivity index (χ3n) is 4.04. The van der Waals surface area contributed by atoms with Gasteiger partial charge in [-0.1, -0.05) is 12.1 Å². The summed E-state index contributed by atoms with van der Waals surface area (Å²) in [6, 6.07) is 7.11. The largest absolute Gasteiger partial charge is 0.335 e. The van der Waals surface area contributed by atoms with Gasteiger partial charge in [0.2, 0.25) is 11.9 Å². The van der Waals surface area contributed by atoms with Gasteiger partial charge in [0.05, 0.1) is 37.5 Å². The van der Waals surface area contributed by atoms with Crippen molar-refractivity contribution in [2.24, 2.45) is 4.99 Å². The van der Waals surface area contributed by atoms with Gasteiger partial charge in [0.25, 0.3) is 5.56 Å². The molecule has 0 spiro atoms. The molecule has 0 aliphatic rings. The van der Waals surface area contributed by atoms with E-state index in [1.165, 1.54) is 19.3 Å². The standard InChI is InChI=1S/C20H23N6O5P/c1-4-30-32(29,31-5-2)12-14-6-8-15(9-7-14)21-10-16-11-22-18-17(24-16)19(28)26-20(25-18)23-13(3)27/h6-11H,4-5,12H2,1-3H3,(H2,22,23,25,26,27,28). The topological polar surface area (TPSA) is 149 Å². The molecule has 32 heavy (non-hydrogen) atoms. The molecule has 168 valence electrons. The average molecular weight is 458 g/mol. The summed E-state index contributed by atoms with van der Waals surface area (Å²) in [7, 11) is -3.18. The van der Waals surface area contributed by atoms with E-state index in [0.29, 0.717) is 24.6 Å². The van der Waals surface area contributed by atoms with Gasteiger partial charge in [-0.05, 0) is 31.5 Å². The van der Waals surface area contributed by atoms with E-state index < -0.39 is 13.2 Å². The van der Waals surface area contributed by atoms with Crippen molar-refractivity contribution in [3.63, 3.8) is 0 Å². The van der Waals surface area contributed by atoms with Crippen molar-refractivity contribution < 1.29 is 18.4 Å². The van der Waals surface area contributed by atoms with Crippen LogP contribution in [-0.4, -0.2) is 45.3 Å². The maximum Gasteiger partial charge on any atom is 0.335 e. The predicted molar refractivity (Wildman–Crippen MR) is 121 cm³/mol. The van der Waals surface area contributed by atoms with Crippen LogP contribution < -0.4 is 10.9 Å². The number of H-pyrrole nitrogens is 1. The Labute approximate surface area is 183 Å². The molecule has 12 heteroatoms. The smallest absolute Gasteiger partial charge is 0.309 e. The molecular formula is C20H23N6O5P. The Hall–Kier alpha value is -3.27. The molecule has 2 N–H and O–H groups in total. The van der Waals surface area contributed by atoms with Gasteiger partial charge in [0, 0.05) is 6.92 Å². The number of aromatic amines is 1. The van der Waals surface area contributed by atoms with Crippen molar-refractivity contribution in [3.8, 4) is 0 Å². The Morgan fingerprint density at radius 1 is 1.19 bits per heavy atom. The van der Waals surface area contributed by atoms with Gasteiger partial charge in [0.15, 0.2) is 11.2 Å². The number of fused-ring (bicyclic) bond motifs is 1. The van der Waals surface area contributed by atoms with Crippen molar-refractivity contribution in [1.29, 1.82) is 0 Å². The van der Waals surface area contributed by atoms with Gasteiger partial charge in [0.1, 0.15) is 5.69 Å². The van der Waals surface area contributed by atoms with Crippen molar-refractivity contribution in [2.45, 2.75) is 26.9 Å². The fourth-order valence-electron chi connectivity index (χ4n) is 2.79. The SMILES string of the molecule is CCOP(=O)(Cc1ccc(N=Cc2cnc3nc(NC(C)=O)[nH]c(=O)c3n2)cc1)OCC. The van der Waals surface area contributed by atoms with E-state index in [0.717, 1.165) is 5.56 Å². The van der Waals surface area contributed by atoms with Gasteiger partial charge in [-0.25, -0.2) is 9.97 Å². The summed E-state index contributed by atoms with van der Waals surface area (Å²) in [4.78, 5) is 42.5. The molecule has 3 rings (SSSR count). The van der Waals surface area contributed by atoms with Crippen LogP contribution in [0.4, 0.5) is 11.6 Å². The second kappa shape index (κ2) is 10.4. The number of aliphatic imine (C=N–C) groups is 1. The lowest BCUT2D eigenvalue weighted by Gasteiger charge is -2.16. The van der Waals surface area contributed by atoms with Crippen LogP contribution in [0.25, 0.3) is 11.2 Å². The summed E-state index contributed by atoms with van der Waals surface area (Å²) in [6.07, 6.45) is 3.06.